The molecule has 24 heavy (non-hydrogen) atoms. The number of benzene rings is 2. The fraction of sp³-hybridized carbons (Fsp3) is 0.350. The molecule has 1 atom stereocenters. The molecule has 3 rings (SSSR count). The van der Waals surface area contributed by atoms with Gasteiger partial charge < -0.3 is 14.2 Å². The Morgan fingerprint density at radius 1 is 1.17 bits per heavy atom. The van der Waals surface area contributed by atoms with Crippen molar-refractivity contribution >= 4 is 5.97 Å². The third-order valence-corrected chi connectivity index (χ3v) is 4.28. The molecule has 0 saturated carbocycles. The molecule has 126 valence electrons. The van der Waals surface area contributed by atoms with Gasteiger partial charge in [-0.15, -0.1) is 0 Å². The van der Waals surface area contributed by atoms with E-state index in [1.165, 1.54) is 0 Å². The van der Waals surface area contributed by atoms with Crippen LogP contribution >= 0.6 is 0 Å². The zero-order valence-electron chi connectivity index (χ0n) is 14.1. The first-order chi connectivity index (χ1) is 11.7. The van der Waals surface area contributed by atoms with E-state index in [2.05, 4.69) is 0 Å². The molecule has 1 unspecified atom stereocenters. The summed E-state index contributed by atoms with van der Waals surface area (Å²) < 4.78 is 16.6. The second kappa shape index (κ2) is 7.39. The van der Waals surface area contributed by atoms with Gasteiger partial charge in [0.15, 0.2) is 0 Å². The number of carbonyl (C=O) groups excluding carboxylic acids is 1. The van der Waals surface area contributed by atoms with Crippen LogP contribution in [0.5, 0.6) is 11.5 Å². The number of ether oxygens (including phenoxy) is 3. The highest BCUT2D eigenvalue weighted by molar-refractivity contribution is 5.75. The van der Waals surface area contributed by atoms with E-state index in [1.807, 2.05) is 49.4 Å². The molecule has 1 aliphatic carbocycles. The molecule has 1 aliphatic rings. The Labute approximate surface area is 142 Å². The Hall–Kier alpha value is -2.49. The topological polar surface area (TPSA) is 44.8 Å². The molecular formula is C20H22O4. The molecule has 0 amide bonds. The molecule has 4 heteroatoms. The van der Waals surface area contributed by atoms with E-state index >= 15 is 0 Å². The van der Waals surface area contributed by atoms with Crippen LogP contribution in [0.1, 0.15) is 23.6 Å². The van der Waals surface area contributed by atoms with Gasteiger partial charge >= 0.3 is 5.97 Å². The standard InChI is InChI=1S/C20H22O4/c1-3-23-20(21)16-9-15-10-17(12-19(22-2)18(15)11-16)24-13-14-7-5-4-6-8-14/h4-8,10,12,16H,3,9,11,13H2,1-2H3. The summed E-state index contributed by atoms with van der Waals surface area (Å²) in [6, 6.07) is 13.9. The number of rotatable bonds is 6. The van der Waals surface area contributed by atoms with E-state index in [4.69, 9.17) is 14.2 Å². The Bertz CT molecular complexity index is 709. The monoisotopic (exact) mass is 326 g/mol. The second-order valence-electron chi connectivity index (χ2n) is 5.89. The van der Waals surface area contributed by atoms with Crippen LogP contribution in [0.25, 0.3) is 0 Å². The molecule has 0 aromatic heterocycles. The molecule has 4 nitrogen and oxygen atoms in total. The summed E-state index contributed by atoms with van der Waals surface area (Å²) in [5, 5.41) is 0. The highest BCUT2D eigenvalue weighted by atomic mass is 16.5. The fourth-order valence-corrected chi connectivity index (χ4v) is 3.11. The molecule has 0 spiro atoms. The van der Waals surface area contributed by atoms with Gasteiger partial charge in [0.05, 0.1) is 19.6 Å². The van der Waals surface area contributed by atoms with Crippen LogP contribution in [-0.4, -0.2) is 19.7 Å². The van der Waals surface area contributed by atoms with Crippen LogP contribution in [0.15, 0.2) is 42.5 Å². The number of fused-ring (bicyclic) bond motifs is 1. The van der Waals surface area contributed by atoms with Crippen LogP contribution in [-0.2, 0) is 29.0 Å². The molecular weight excluding hydrogens is 304 g/mol. The summed E-state index contributed by atoms with van der Waals surface area (Å²) in [5.74, 6) is 1.28. The lowest BCUT2D eigenvalue weighted by Gasteiger charge is -2.12. The third kappa shape index (κ3) is 3.53. The van der Waals surface area contributed by atoms with Crippen molar-refractivity contribution < 1.29 is 19.0 Å². The van der Waals surface area contributed by atoms with Gasteiger partial charge in [-0.05, 0) is 42.5 Å². The van der Waals surface area contributed by atoms with Gasteiger partial charge in [0.1, 0.15) is 18.1 Å². The maximum Gasteiger partial charge on any atom is 0.309 e. The smallest absolute Gasteiger partial charge is 0.309 e. The highest BCUT2D eigenvalue weighted by Crippen LogP contribution is 2.38. The van der Waals surface area contributed by atoms with Crippen LogP contribution in [0.3, 0.4) is 0 Å². The average molecular weight is 326 g/mol. The van der Waals surface area contributed by atoms with Crippen molar-refractivity contribution in [1.29, 1.82) is 0 Å². The van der Waals surface area contributed by atoms with Crippen LogP contribution < -0.4 is 9.47 Å². The maximum atomic E-state index is 12.0. The van der Waals surface area contributed by atoms with Gasteiger partial charge in [-0.2, -0.15) is 0 Å². The predicted octanol–water partition coefficient (Wildman–Crippen LogP) is 3.55. The summed E-state index contributed by atoms with van der Waals surface area (Å²) in [4.78, 5) is 12.0. The van der Waals surface area contributed by atoms with Crippen molar-refractivity contribution in [1.82, 2.24) is 0 Å². The van der Waals surface area contributed by atoms with E-state index in [-0.39, 0.29) is 11.9 Å². The third-order valence-electron chi connectivity index (χ3n) is 4.28. The largest absolute Gasteiger partial charge is 0.496 e. The maximum absolute atomic E-state index is 12.0. The van der Waals surface area contributed by atoms with Crippen molar-refractivity contribution in [3.63, 3.8) is 0 Å². The Morgan fingerprint density at radius 3 is 2.67 bits per heavy atom. The first-order valence-corrected chi connectivity index (χ1v) is 8.24. The lowest BCUT2D eigenvalue weighted by molar-refractivity contribution is -0.147. The van der Waals surface area contributed by atoms with Gasteiger partial charge in [0, 0.05) is 6.07 Å². The number of methoxy groups -OCH3 is 1. The first kappa shape index (κ1) is 16.4. The van der Waals surface area contributed by atoms with E-state index in [1.54, 1.807) is 7.11 Å². The SMILES string of the molecule is CCOC(=O)C1Cc2cc(OCc3ccccc3)cc(OC)c2C1. The Balaban J connectivity index is 1.75. The predicted molar refractivity (Wildman–Crippen MR) is 91.3 cm³/mol. The number of carbonyl (C=O) groups is 1. The zero-order chi connectivity index (χ0) is 16.9. The summed E-state index contributed by atoms with van der Waals surface area (Å²) in [6.07, 6.45) is 1.34. The summed E-state index contributed by atoms with van der Waals surface area (Å²) in [6.45, 7) is 2.74. The number of hydrogen-bond acceptors (Lipinski definition) is 4. The van der Waals surface area contributed by atoms with E-state index in [9.17, 15) is 4.79 Å². The van der Waals surface area contributed by atoms with Gasteiger partial charge in [0.25, 0.3) is 0 Å². The minimum atomic E-state index is -0.137. The zero-order valence-corrected chi connectivity index (χ0v) is 14.1. The lowest BCUT2D eigenvalue weighted by atomic mass is 10.1. The molecule has 0 heterocycles. The normalized spacial score (nSPS) is 15.7. The number of hydrogen-bond donors (Lipinski definition) is 0. The number of esters is 1. The summed E-state index contributed by atoms with van der Waals surface area (Å²) >= 11 is 0. The van der Waals surface area contributed by atoms with Crippen LogP contribution in [0.2, 0.25) is 0 Å². The van der Waals surface area contributed by atoms with E-state index in [0.717, 1.165) is 28.2 Å². The highest BCUT2D eigenvalue weighted by Gasteiger charge is 2.31. The minimum Gasteiger partial charge on any atom is -0.496 e. The van der Waals surface area contributed by atoms with Crippen molar-refractivity contribution in [3.05, 3.63) is 59.2 Å². The minimum absolute atomic E-state index is 0.127. The first-order valence-electron chi connectivity index (χ1n) is 8.24. The molecule has 0 saturated heterocycles. The summed E-state index contributed by atoms with van der Waals surface area (Å²) in [5.41, 5.74) is 3.31. The van der Waals surface area contributed by atoms with Crippen molar-refractivity contribution in [2.45, 2.75) is 26.4 Å². The van der Waals surface area contributed by atoms with Gasteiger partial charge in [0.2, 0.25) is 0 Å². The average Bonchev–Trinajstić information content (AvgIpc) is 3.04. The quantitative estimate of drug-likeness (QED) is 0.762. The van der Waals surface area contributed by atoms with Gasteiger partial charge in [-0.3, -0.25) is 4.79 Å². The van der Waals surface area contributed by atoms with Gasteiger partial charge in [-0.1, -0.05) is 30.3 Å². The van der Waals surface area contributed by atoms with Crippen LogP contribution in [0, 0.1) is 5.92 Å². The Morgan fingerprint density at radius 2 is 1.96 bits per heavy atom. The van der Waals surface area contributed by atoms with Crippen molar-refractivity contribution in [2.24, 2.45) is 5.92 Å². The molecule has 0 N–H and O–H groups in total. The van der Waals surface area contributed by atoms with E-state index in [0.29, 0.717) is 26.1 Å². The van der Waals surface area contributed by atoms with Crippen molar-refractivity contribution in [3.8, 4) is 11.5 Å². The lowest BCUT2D eigenvalue weighted by Crippen LogP contribution is -2.17. The molecule has 2 aromatic rings. The summed E-state index contributed by atoms with van der Waals surface area (Å²) in [7, 11) is 1.65. The van der Waals surface area contributed by atoms with Crippen molar-refractivity contribution in [2.75, 3.05) is 13.7 Å². The van der Waals surface area contributed by atoms with Gasteiger partial charge in [-0.25, -0.2) is 0 Å². The van der Waals surface area contributed by atoms with Crippen LogP contribution in [0.4, 0.5) is 0 Å². The molecule has 2 aromatic carbocycles. The molecule has 0 radical (unpaired) electrons. The second-order valence-corrected chi connectivity index (χ2v) is 5.89. The molecule has 0 fully saturated rings. The molecule has 0 aliphatic heterocycles. The Kier molecular flexibility index (Phi) is 5.04. The molecule has 0 bridgehead atoms. The van der Waals surface area contributed by atoms with E-state index < -0.39 is 0 Å². The fourth-order valence-electron chi connectivity index (χ4n) is 3.11.